The molecule has 0 aliphatic rings. The molecule has 0 aromatic rings. The van der Waals surface area contributed by atoms with E-state index in [-0.39, 0.29) is 6.61 Å². The van der Waals surface area contributed by atoms with E-state index in [1.165, 1.54) is 0 Å². The van der Waals surface area contributed by atoms with Gasteiger partial charge in [0.2, 0.25) is 0 Å². The standard InChI is InChI=1S/C4H11NO.C4H4O4/c1-5(2)3-4-6;5-3(6)1-2-4(7)8/h6H,3-4H2,1-2H3;1-2H,(H,5,6)(H,7,8)/b;2-1-. The lowest BCUT2D eigenvalue weighted by atomic mass is 10.5. The zero-order valence-electron chi connectivity index (χ0n) is 8.17. The predicted molar refractivity (Wildman–Crippen MR) is 50.1 cm³/mol. The first kappa shape index (κ1) is 15.1. The quantitative estimate of drug-likeness (QED) is 0.522. The van der Waals surface area contributed by atoms with Crippen molar-refractivity contribution in [2.75, 3.05) is 27.2 Å². The highest BCUT2D eigenvalue weighted by Gasteiger charge is 1.88. The molecule has 0 bridgehead atoms. The Kier molecular flexibility index (Phi) is 10.4. The van der Waals surface area contributed by atoms with Gasteiger partial charge in [0.05, 0.1) is 6.61 Å². The highest BCUT2D eigenvalue weighted by Crippen LogP contribution is 1.70. The molecule has 0 aromatic heterocycles. The summed E-state index contributed by atoms with van der Waals surface area (Å²) in [4.78, 5) is 21.0. The van der Waals surface area contributed by atoms with Gasteiger partial charge in [-0.05, 0) is 14.1 Å². The monoisotopic (exact) mass is 205 g/mol. The number of likely N-dealkylation sites (N-methyl/N-ethyl adjacent to an activating group) is 1. The first-order chi connectivity index (χ1) is 6.40. The number of nitrogens with zero attached hydrogens (tertiary/aromatic N) is 1. The van der Waals surface area contributed by atoms with E-state index in [1.807, 2.05) is 19.0 Å². The summed E-state index contributed by atoms with van der Waals surface area (Å²) in [6.45, 7) is 1.02. The topological polar surface area (TPSA) is 98.1 Å². The minimum absolute atomic E-state index is 0.257. The average Bonchev–Trinajstić information content (AvgIpc) is 2.01. The van der Waals surface area contributed by atoms with Gasteiger partial charge in [-0.1, -0.05) is 0 Å². The second kappa shape index (κ2) is 9.69. The van der Waals surface area contributed by atoms with E-state index in [1.54, 1.807) is 0 Å². The minimum atomic E-state index is -1.26. The summed E-state index contributed by atoms with van der Waals surface area (Å²) in [6, 6.07) is 0. The molecular formula is C8H15NO5. The van der Waals surface area contributed by atoms with Crippen molar-refractivity contribution in [3.63, 3.8) is 0 Å². The van der Waals surface area contributed by atoms with Gasteiger partial charge in [0.1, 0.15) is 0 Å². The first-order valence-electron chi connectivity index (χ1n) is 3.79. The molecular weight excluding hydrogens is 190 g/mol. The third-order valence-electron chi connectivity index (χ3n) is 0.916. The van der Waals surface area contributed by atoms with Crippen molar-refractivity contribution in [3.05, 3.63) is 12.2 Å². The number of carbonyl (C=O) groups is 2. The van der Waals surface area contributed by atoms with Crippen LogP contribution in [-0.2, 0) is 9.59 Å². The molecule has 14 heavy (non-hydrogen) atoms. The van der Waals surface area contributed by atoms with Gasteiger partial charge < -0.3 is 20.2 Å². The van der Waals surface area contributed by atoms with Gasteiger partial charge >= 0.3 is 11.9 Å². The van der Waals surface area contributed by atoms with Crippen LogP contribution in [0, 0.1) is 0 Å². The molecule has 0 aliphatic heterocycles. The Morgan fingerprint density at radius 2 is 1.50 bits per heavy atom. The summed E-state index contributed by atoms with van der Waals surface area (Å²) in [5.41, 5.74) is 0. The number of aliphatic carboxylic acids is 2. The Morgan fingerprint density at radius 3 is 1.57 bits per heavy atom. The van der Waals surface area contributed by atoms with E-state index in [4.69, 9.17) is 15.3 Å². The van der Waals surface area contributed by atoms with Gasteiger partial charge in [0.25, 0.3) is 0 Å². The van der Waals surface area contributed by atoms with Crippen molar-refractivity contribution >= 4 is 11.9 Å². The van der Waals surface area contributed by atoms with Gasteiger partial charge in [-0.2, -0.15) is 0 Å². The fourth-order valence-electron chi connectivity index (χ4n) is 0.343. The van der Waals surface area contributed by atoms with E-state index in [0.717, 1.165) is 6.54 Å². The molecule has 0 rings (SSSR count). The molecule has 6 heteroatoms. The number of aliphatic hydroxyl groups is 1. The van der Waals surface area contributed by atoms with Crippen LogP contribution in [0.25, 0.3) is 0 Å². The van der Waals surface area contributed by atoms with Crippen molar-refractivity contribution in [3.8, 4) is 0 Å². The Hall–Kier alpha value is -1.40. The van der Waals surface area contributed by atoms with Crippen LogP contribution in [-0.4, -0.2) is 59.4 Å². The lowest BCUT2D eigenvalue weighted by Crippen LogP contribution is -2.15. The number of carboxylic acids is 2. The van der Waals surface area contributed by atoms with Crippen LogP contribution in [0.1, 0.15) is 0 Å². The molecule has 82 valence electrons. The zero-order valence-corrected chi connectivity index (χ0v) is 8.17. The molecule has 0 atom stereocenters. The lowest BCUT2D eigenvalue weighted by molar-refractivity contribution is -0.134. The number of carboxylic acid groups (broad SMARTS) is 2. The van der Waals surface area contributed by atoms with Crippen molar-refractivity contribution in [1.82, 2.24) is 4.90 Å². The summed E-state index contributed by atoms with van der Waals surface area (Å²) < 4.78 is 0. The number of hydrogen-bond donors (Lipinski definition) is 3. The largest absolute Gasteiger partial charge is 0.478 e. The fraction of sp³-hybridized carbons (Fsp3) is 0.500. The normalized spacial score (nSPS) is 9.71. The van der Waals surface area contributed by atoms with Crippen molar-refractivity contribution in [2.24, 2.45) is 0 Å². The van der Waals surface area contributed by atoms with E-state index in [9.17, 15) is 9.59 Å². The molecule has 0 aromatic carbocycles. The van der Waals surface area contributed by atoms with E-state index < -0.39 is 11.9 Å². The molecule has 0 saturated heterocycles. The Bertz CT molecular complexity index is 184. The van der Waals surface area contributed by atoms with Gasteiger partial charge in [-0.25, -0.2) is 9.59 Å². The van der Waals surface area contributed by atoms with Crippen LogP contribution >= 0.6 is 0 Å². The molecule has 0 heterocycles. The number of aliphatic hydroxyl groups excluding tert-OH is 1. The Morgan fingerprint density at radius 1 is 1.14 bits per heavy atom. The summed E-state index contributed by atoms with van der Waals surface area (Å²) in [7, 11) is 3.85. The van der Waals surface area contributed by atoms with Crippen LogP contribution in [0.4, 0.5) is 0 Å². The van der Waals surface area contributed by atoms with Gasteiger partial charge in [-0.15, -0.1) is 0 Å². The average molecular weight is 205 g/mol. The van der Waals surface area contributed by atoms with E-state index >= 15 is 0 Å². The van der Waals surface area contributed by atoms with Crippen LogP contribution in [0.15, 0.2) is 12.2 Å². The van der Waals surface area contributed by atoms with Crippen LogP contribution in [0.3, 0.4) is 0 Å². The summed E-state index contributed by atoms with van der Waals surface area (Å²) in [5.74, 6) is -2.51. The third kappa shape index (κ3) is 22.4. The number of hydrogen-bond acceptors (Lipinski definition) is 4. The fourth-order valence-corrected chi connectivity index (χ4v) is 0.343. The smallest absolute Gasteiger partial charge is 0.328 e. The predicted octanol–water partition coefficient (Wildman–Crippen LogP) is -0.748. The molecule has 3 N–H and O–H groups in total. The second-order valence-corrected chi connectivity index (χ2v) is 2.54. The zero-order chi connectivity index (χ0) is 11.6. The Labute approximate surface area is 82.1 Å². The molecule has 6 nitrogen and oxygen atoms in total. The molecule has 0 saturated carbocycles. The lowest BCUT2D eigenvalue weighted by Gasteiger charge is -2.03. The molecule has 0 fully saturated rings. The third-order valence-corrected chi connectivity index (χ3v) is 0.916. The summed E-state index contributed by atoms with van der Waals surface area (Å²) in [5, 5.41) is 23.8. The molecule has 0 aliphatic carbocycles. The van der Waals surface area contributed by atoms with Crippen LogP contribution in [0.2, 0.25) is 0 Å². The molecule has 0 spiro atoms. The summed E-state index contributed by atoms with van der Waals surface area (Å²) >= 11 is 0. The highest BCUT2D eigenvalue weighted by molar-refractivity contribution is 5.89. The molecule has 0 unspecified atom stereocenters. The highest BCUT2D eigenvalue weighted by atomic mass is 16.4. The van der Waals surface area contributed by atoms with Gasteiger partial charge in [-0.3, -0.25) is 0 Å². The first-order valence-corrected chi connectivity index (χ1v) is 3.79. The van der Waals surface area contributed by atoms with Crippen molar-refractivity contribution in [1.29, 1.82) is 0 Å². The van der Waals surface area contributed by atoms with Gasteiger partial charge in [0, 0.05) is 18.7 Å². The minimum Gasteiger partial charge on any atom is -0.478 e. The maximum Gasteiger partial charge on any atom is 0.328 e. The number of rotatable bonds is 4. The van der Waals surface area contributed by atoms with Crippen LogP contribution < -0.4 is 0 Å². The van der Waals surface area contributed by atoms with Crippen molar-refractivity contribution in [2.45, 2.75) is 0 Å². The molecule has 0 amide bonds. The summed E-state index contributed by atoms with van der Waals surface area (Å²) in [6.07, 6.45) is 1.12. The maximum atomic E-state index is 9.55. The van der Waals surface area contributed by atoms with Gasteiger partial charge in [0.15, 0.2) is 0 Å². The SMILES string of the molecule is CN(C)CCO.O=C(O)/C=C\C(=O)O. The Balaban J connectivity index is 0. The van der Waals surface area contributed by atoms with E-state index in [0.29, 0.717) is 12.2 Å². The van der Waals surface area contributed by atoms with Crippen LogP contribution in [0.5, 0.6) is 0 Å². The van der Waals surface area contributed by atoms with E-state index in [2.05, 4.69) is 0 Å². The second-order valence-electron chi connectivity index (χ2n) is 2.54. The maximum absolute atomic E-state index is 9.55. The molecule has 0 radical (unpaired) electrons. The van der Waals surface area contributed by atoms with Crippen molar-refractivity contribution < 1.29 is 24.9 Å².